The van der Waals surface area contributed by atoms with Crippen LogP contribution in [0.2, 0.25) is 0 Å². The summed E-state index contributed by atoms with van der Waals surface area (Å²) < 4.78 is 0. The highest BCUT2D eigenvalue weighted by atomic mass is 16.3. The van der Waals surface area contributed by atoms with E-state index in [4.69, 9.17) is 0 Å². The minimum Gasteiger partial charge on any atom is -0.389 e. The van der Waals surface area contributed by atoms with E-state index in [1.165, 1.54) is 25.7 Å². The van der Waals surface area contributed by atoms with Crippen LogP contribution in [0.3, 0.4) is 0 Å². The van der Waals surface area contributed by atoms with Crippen molar-refractivity contribution in [3.63, 3.8) is 0 Å². The largest absolute Gasteiger partial charge is 0.389 e. The number of hydrogen-bond acceptors (Lipinski definition) is 1. The highest BCUT2D eigenvalue weighted by Crippen LogP contribution is 2.41. The minimum atomic E-state index is -0.312. The summed E-state index contributed by atoms with van der Waals surface area (Å²) in [6.45, 7) is 0. The standard InChI is InChI=1S/C10H16O/c11-10-7-3-1-2-5-9(10)6-4-8-10/h2,5,9,11H,1,3-4,6-8H2/t9-,10-/m1/s1. The molecule has 0 amide bonds. The van der Waals surface area contributed by atoms with Crippen LogP contribution in [0.1, 0.15) is 38.5 Å². The van der Waals surface area contributed by atoms with Gasteiger partial charge in [-0.3, -0.25) is 0 Å². The first-order valence-electron chi connectivity index (χ1n) is 4.70. The van der Waals surface area contributed by atoms with E-state index in [1.54, 1.807) is 0 Å². The molecule has 0 aromatic rings. The zero-order chi connectivity index (χ0) is 7.73. The van der Waals surface area contributed by atoms with Crippen molar-refractivity contribution in [2.24, 2.45) is 5.92 Å². The van der Waals surface area contributed by atoms with E-state index in [2.05, 4.69) is 12.2 Å². The number of aliphatic hydroxyl groups is 1. The average molecular weight is 152 g/mol. The predicted octanol–water partition coefficient (Wildman–Crippen LogP) is 2.26. The second kappa shape index (κ2) is 2.63. The van der Waals surface area contributed by atoms with E-state index in [1.807, 2.05) is 0 Å². The lowest BCUT2D eigenvalue weighted by Crippen LogP contribution is -2.30. The molecule has 0 unspecified atom stereocenters. The van der Waals surface area contributed by atoms with E-state index >= 15 is 0 Å². The molecule has 0 aromatic heterocycles. The van der Waals surface area contributed by atoms with Gasteiger partial charge in [-0.25, -0.2) is 0 Å². The molecule has 2 rings (SSSR count). The van der Waals surface area contributed by atoms with Gasteiger partial charge in [0, 0.05) is 5.92 Å². The van der Waals surface area contributed by atoms with Crippen LogP contribution in [0, 0.1) is 5.92 Å². The van der Waals surface area contributed by atoms with Crippen LogP contribution in [0.15, 0.2) is 12.2 Å². The Balaban J connectivity index is 2.18. The molecule has 1 nitrogen and oxygen atoms in total. The average Bonchev–Trinajstić information content (AvgIpc) is 2.24. The van der Waals surface area contributed by atoms with Crippen LogP contribution < -0.4 is 0 Å². The topological polar surface area (TPSA) is 20.2 Å². The lowest BCUT2D eigenvalue weighted by atomic mass is 9.88. The molecule has 0 saturated heterocycles. The van der Waals surface area contributed by atoms with Crippen molar-refractivity contribution in [1.29, 1.82) is 0 Å². The van der Waals surface area contributed by atoms with Gasteiger partial charge >= 0.3 is 0 Å². The summed E-state index contributed by atoms with van der Waals surface area (Å²) in [6, 6.07) is 0. The second-order valence-electron chi connectivity index (χ2n) is 3.92. The lowest BCUT2D eigenvalue weighted by Gasteiger charge is -2.26. The van der Waals surface area contributed by atoms with Crippen molar-refractivity contribution < 1.29 is 5.11 Å². The molecule has 2 aliphatic rings. The predicted molar refractivity (Wildman–Crippen MR) is 45.3 cm³/mol. The minimum absolute atomic E-state index is 0.312. The molecule has 0 heterocycles. The molecular formula is C10H16O. The molecule has 1 saturated carbocycles. The van der Waals surface area contributed by atoms with E-state index in [9.17, 15) is 5.11 Å². The Hall–Kier alpha value is -0.300. The summed E-state index contributed by atoms with van der Waals surface area (Å²) >= 11 is 0. The maximum Gasteiger partial charge on any atom is 0.0710 e. The summed E-state index contributed by atoms with van der Waals surface area (Å²) in [5.41, 5.74) is -0.312. The molecule has 1 N–H and O–H groups in total. The Labute approximate surface area is 68.1 Å². The SMILES string of the molecule is O[C@@]12CCCC=C[C@@H]1CCC2. The Kier molecular flexibility index (Phi) is 1.76. The number of rotatable bonds is 0. The first kappa shape index (κ1) is 7.35. The van der Waals surface area contributed by atoms with Gasteiger partial charge in [-0.05, 0) is 38.5 Å². The molecule has 0 spiro atoms. The summed E-state index contributed by atoms with van der Waals surface area (Å²) in [4.78, 5) is 0. The molecule has 11 heavy (non-hydrogen) atoms. The summed E-state index contributed by atoms with van der Waals surface area (Å²) in [5, 5.41) is 10.1. The van der Waals surface area contributed by atoms with Gasteiger partial charge < -0.3 is 5.11 Å². The summed E-state index contributed by atoms with van der Waals surface area (Å²) in [6.07, 6.45) is 11.3. The Morgan fingerprint density at radius 2 is 2.09 bits per heavy atom. The highest BCUT2D eigenvalue weighted by Gasteiger charge is 2.39. The molecule has 0 aromatic carbocycles. The normalized spacial score (nSPS) is 43.5. The van der Waals surface area contributed by atoms with Crippen LogP contribution in [0.4, 0.5) is 0 Å². The Bertz CT molecular complexity index is 174. The number of hydrogen-bond donors (Lipinski definition) is 1. The van der Waals surface area contributed by atoms with Gasteiger partial charge in [0.1, 0.15) is 0 Å². The fraction of sp³-hybridized carbons (Fsp3) is 0.800. The Morgan fingerprint density at radius 3 is 3.00 bits per heavy atom. The fourth-order valence-corrected chi connectivity index (χ4v) is 2.45. The maximum atomic E-state index is 10.1. The molecule has 0 bridgehead atoms. The third-order valence-corrected chi connectivity index (χ3v) is 3.16. The van der Waals surface area contributed by atoms with Crippen molar-refractivity contribution in [2.75, 3.05) is 0 Å². The van der Waals surface area contributed by atoms with Crippen molar-refractivity contribution in [2.45, 2.75) is 44.1 Å². The van der Waals surface area contributed by atoms with Crippen molar-refractivity contribution in [1.82, 2.24) is 0 Å². The monoisotopic (exact) mass is 152 g/mol. The summed E-state index contributed by atoms with van der Waals surface area (Å²) in [7, 11) is 0. The van der Waals surface area contributed by atoms with Gasteiger partial charge in [-0.15, -0.1) is 0 Å². The third kappa shape index (κ3) is 1.22. The molecule has 1 heteroatoms. The zero-order valence-electron chi connectivity index (χ0n) is 6.92. The van der Waals surface area contributed by atoms with E-state index in [-0.39, 0.29) is 5.60 Å². The molecule has 2 aliphatic carbocycles. The van der Waals surface area contributed by atoms with Gasteiger partial charge in [0.05, 0.1) is 5.60 Å². The van der Waals surface area contributed by atoms with Crippen LogP contribution in [-0.2, 0) is 0 Å². The van der Waals surface area contributed by atoms with Crippen molar-refractivity contribution >= 4 is 0 Å². The van der Waals surface area contributed by atoms with Gasteiger partial charge in [0.25, 0.3) is 0 Å². The van der Waals surface area contributed by atoms with Crippen LogP contribution in [-0.4, -0.2) is 10.7 Å². The first-order valence-corrected chi connectivity index (χ1v) is 4.70. The van der Waals surface area contributed by atoms with Crippen molar-refractivity contribution in [3.8, 4) is 0 Å². The quantitative estimate of drug-likeness (QED) is 0.528. The van der Waals surface area contributed by atoms with Crippen molar-refractivity contribution in [3.05, 3.63) is 12.2 Å². The lowest BCUT2D eigenvalue weighted by molar-refractivity contribution is 0.0114. The van der Waals surface area contributed by atoms with Crippen LogP contribution in [0.25, 0.3) is 0 Å². The highest BCUT2D eigenvalue weighted by molar-refractivity contribution is 5.05. The smallest absolute Gasteiger partial charge is 0.0710 e. The van der Waals surface area contributed by atoms with E-state index in [0.717, 1.165) is 12.8 Å². The number of fused-ring (bicyclic) bond motifs is 1. The summed E-state index contributed by atoms with van der Waals surface area (Å²) in [5.74, 6) is 0.477. The van der Waals surface area contributed by atoms with Crippen LogP contribution >= 0.6 is 0 Å². The van der Waals surface area contributed by atoms with E-state index in [0.29, 0.717) is 5.92 Å². The third-order valence-electron chi connectivity index (χ3n) is 3.16. The van der Waals surface area contributed by atoms with Gasteiger partial charge in [-0.2, -0.15) is 0 Å². The fourth-order valence-electron chi connectivity index (χ4n) is 2.45. The maximum absolute atomic E-state index is 10.1. The first-order chi connectivity index (χ1) is 5.31. The zero-order valence-corrected chi connectivity index (χ0v) is 6.92. The molecule has 0 aliphatic heterocycles. The molecule has 0 radical (unpaired) electrons. The van der Waals surface area contributed by atoms with Crippen LogP contribution in [0.5, 0.6) is 0 Å². The Morgan fingerprint density at radius 1 is 1.27 bits per heavy atom. The van der Waals surface area contributed by atoms with E-state index < -0.39 is 0 Å². The second-order valence-corrected chi connectivity index (χ2v) is 3.92. The van der Waals surface area contributed by atoms with Gasteiger partial charge in [0.2, 0.25) is 0 Å². The molecular weight excluding hydrogens is 136 g/mol. The van der Waals surface area contributed by atoms with Gasteiger partial charge in [0.15, 0.2) is 0 Å². The van der Waals surface area contributed by atoms with Gasteiger partial charge in [-0.1, -0.05) is 12.2 Å². The molecule has 2 atom stereocenters. The molecule has 62 valence electrons. The molecule has 1 fully saturated rings. The number of allylic oxidation sites excluding steroid dienone is 1.